The van der Waals surface area contributed by atoms with Crippen molar-refractivity contribution in [2.24, 2.45) is 40.4 Å². The van der Waals surface area contributed by atoms with E-state index < -0.39 is 0 Å². The van der Waals surface area contributed by atoms with E-state index in [-0.39, 0.29) is 11.3 Å². The first kappa shape index (κ1) is 15.7. The summed E-state index contributed by atoms with van der Waals surface area (Å²) in [6.07, 6.45) is 11.2. The Labute approximate surface area is 141 Å². The first-order chi connectivity index (χ1) is 10.9. The number of nitrogens with one attached hydrogen (secondary N) is 1. The Morgan fingerprint density at radius 3 is 2.70 bits per heavy atom. The molecule has 1 N–H and O–H groups in total. The number of allylic oxidation sites excluding steroid dienone is 2. The minimum atomic E-state index is 0.219. The van der Waals surface area contributed by atoms with Crippen LogP contribution < -0.4 is 5.32 Å². The van der Waals surface area contributed by atoms with E-state index in [1.54, 1.807) is 0 Å². The largest absolute Gasteiger partial charge is 0.330 e. The summed E-state index contributed by atoms with van der Waals surface area (Å²) in [6.45, 7) is 9.85. The molecular formula is C21H33NO. The average Bonchev–Trinajstić information content (AvgIpc) is 2.85. The predicted molar refractivity (Wildman–Crippen MR) is 93.6 cm³/mol. The zero-order valence-electron chi connectivity index (χ0n) is 15.3. The number of carbonyl (C=O) groups is 1. The third kappa shape index (κ3) is 2.02. The van der Waals surface area contributed by atoms with E-state index in [1.807, 2.05) is 0 Å². The van der Waals surface area contributed by atoms with Crippen molar-refractivity contribution in [3.63, 3.8) is 0 Å². The number of carbonyl (C=O) groups excluding carboxylic acids is 1. The number of hydrogen-bond acceptors (Lipinski definition) is 1. The van der Waals surface area contributed by atoms with Crippen LogP contribution in [0.5, 0.6) is 0 Å². The van der Waals surface area contributed by atoms with E-state index in [0.717, 1.165) is 30.1 Å². The molecule has 1 amide bonds. The standard InChI is InChI=1S/C21H33NO/c1-5-14-6-7-15-19-13(2)12-17-21(4,11-9-18(23)22-17)16(19)8-10-20(14,15)3/h12-16,19H,5-11H2,1-4H3,(H,22,23)/t13?,14-,15-,16-,19-,20+,21+/m0/s1. The molecule has 0 aromatic rings. The van der Waals surface area contributed by atoms with Crippen molar-refractivity contribution >= 4 is 5.91 Å². The van der Waals surface area contributed by atoms with Crippen LogP contribution in [-0.4, -0.2) is 5.91 Å². The lowest BCUT2D eigenvalue weighted by molar-refractivity contribution is -0.125. The van der Waals surface area contributed by atoms with E-state index in [9.17, 15) is 4.79 Å². The molecule has 2 saturated carbocycles. The SMILES string of the molecule is CC[C@H]1CC[C@H]2[C@@H]3C(C)C=C4NC(=O)CC[C@]4(C)[C@H]3CC[C@]12C. The van der Waals surface area contributed by atoms with Crippen molar-refractivity contribution in [1.82, 2.24) is 5.32 Å². The quantitative estimate of drug-likeness (QED) is 0.732. The average molecular weight is 316 g/mol. The van der Waals surface area contributed by atoms with Crippen LogP contribution in [0.4, 0.5) is 0 Å². The monoisotopic (exact) mass is 315 g/mol. The highest BCUT2D eigenvalue weighted by atomic mass is 16.1. The molecule has 1 aliphatic heterocycles. The topological polar surface area (TPSA) is 29.1 Å². The molecule has 1 saturated heterocycles. The molecule has 7 atom stereocenters. The van der Waals surface area contributed by atoms with Gasteiger partial charge in [-0.2, -0.15) is 0 Å². The number of piperidine rings is 1. The zero-order valence-corrected chi connectivity index (χ0v) is 15.3. The molecule has 0 aromatic carbocycles. The van der Waals surface area contributed by atoms with Gasteiger partial charge in [0, 0.05) is 17.5 Å². The van der Waals surface area contributed by atoms with Crippen LogP contribution in [0.25, 0.3) is 0 Å². The summed E-state index contributed by atoms with van der Waals surface area (Å²) < 4.78 is 0. The second-order valence-corrected chi connectivity index (χ2v) is 9.42. The third-order valence-electron chi connectivity index (χ3n) is 8.64. The molecule has 4 aliphatic rings. The summed E-state index contributed by atoms with van der Waals surface area (Å²) in [4.78, 5) is 11.9. The highest BCUT2D eigenvalue weighted by Gasteiger charge is 2.59. The van der Waals surface area contributed by atoms with Crippen molar-refractivity contribution in [3.8, 4) is 0 Å². The van der Waals surface area contributed by atoms with Gasteiger partial charge in [0.05, 0.1) is 0 Å². The molecule has 128 valence electrons. The van der Waals surface area contributed by atoms with Crippen LogP contribution >= 0.6 is 0 Å². The molecule has 1 unspecified atom stereocenters. The zero-order chi connectivity index (χ0) is 16.4. The number of amides is 1. The Morgan fingerprint density at radius 2 is 1.96 bits per heavy atom. The fourth-order valence-electron chi connectivity index (χ4n) is 7.31. The lowest BCUT2D eigenvalue weighted by atomic mass is 9.47. The Bertz CT molecular complexity index is 552. The van der Waals surface area contributed by atoms with Gasteiger partial charge in [-0.3, -0.25) is 4.79 Å². The van der Waals surface area contributed by atoms with Crippen LogP contribution in [0.15, 0.2) is 11.8 Å². The fourth-order valence-corrected chi connectivity index (χ4v) is 7.31. The smallest absolute Gasteiger partial charge is 0.224 e. The van der Waals surface area contributed by atoms with Gasteiger partial charge in [0.2, 0.25) is 5.91 Å². The van der Waals surface area contributed by atoms with Gasteiger partial charge >= 0.3 is 0 Å². The molecule has 1 heterocycles. The second-order valence-electron chi connectivity index (χ2n) is 9.42. The summed E-state index contributed by atoms with van der Waals surface area (Å²) in [5, 5.41) is 3.23. The van der Waals surface area contributed by atoms with E-state index in [4.69, 9.17) is 0 Å². The maximum atomic E-state index is 11.9. The second kappa shape index (κ2) is 5.10. The molecule has 3 aliphatic carbocycles. The summed E-state index contributed by atoms with van der Waals surface area (Å²) in [5.41, 5.74) is 2.05. The lowest BCUT2D eigenvalue weighted by Crippen LogP contribution is -2.55. The van der Waals surface area contributed by atoms with Gasteiger partial charge in [-0.05, 0) is 67.1 Å². The molecule has 0 radical (unpaired) electrons. The Kier molecular flexibility index (Phi) is 3.49. The van der Waals surface area contributed by atoms with E-state index in [1.165, 1.54) is 37.8 Å². The van der Waals surface area contributed by atoms with Gasteiger partial charge in [0.15, 0.2) is 0 Å². The highest BCUT2D eigenvalue weighted by Crippen LogP contribution is 2.66. The van der Waals surface area contributed by atoms with Crippen LogP contribution in [0.1, 0.15) is 72.6 Å². The van der Waals surface area contributed by atoms with Crippen molar-refractivity contribution in [1.29, 1.82) is 0 Å². The van der Waals surface area contributed by atoms with Gasteiger partial charge in [0.25, 0.3) is 0 Å². The van der Waals surface area contributed by atoms with E-state index in [2.05, 4.69) is 39.1 Å². The van der Waals surface area contributed by atoms with Crippen LogP contribution in [-0.2, 0) is 4.79 Å². The molecule has 0 aromatic heterocycles. The van der Waals surface area contributed by atoms with E-state index in [0.29, 0.717) is 17.8 Å². The van der Waals surface area contributed by atoms with Crippen molar-refractivity contribution in [3.05, 3.63) is 11.8 Å². The third-order valence-corrected chi connectivity index (χ3v) is 8.64. The van der Waals surface area contributed by atoms with Crippen molar-refractivity contribution in [2.75, 3.05) is 0 Å². The van der Waals surface area contributed by atoms with Gasteiger partial charge < -0.3 is 5.32 Å². The molecule has 3 fully saturated rings. The Morgan fingerprint density at radius 1 is 1.17 bits per heavy atom. The van der Waals surface area contributed by atoms with Crippen molar-refractivity contribution in [2.45, 2.75) is 72.6 Å². The maximum Gasteiger partial charge on any atom is 0.224 e. The summed E-state index contributed by atoms with van der Waals surface area (Å²) in [7, 11) is 0. The number of fused-ring (bicyclic) bond motifs is 5. The molecule has 0 bridgehead atoms. The molecule has 23 heavy (non-hydrogen) atoms. The van der Waals surface area contributed by atoms with Gasteiger partial charge in [0.1, 0.15) is 0 Å². The number of rotatable bonds is 1. The Balaban J connectivity index is 1.72. The van der Waals surface area contributed by atoms with Crippen molar-refractivity contribution < 1.29 is 4.79 Å². The first-order valence-electron chi connectivity index (χ1n) is 9.92. The molecule has 2 nitrogen and oxygen atoms in total. The molecule has 2 heteroatoms. The summed E-state index contributed by atoms with van der Waals surface area (Å²) in [6, 6.07) is 0. The molecule has 0 spiro atoms. The summed E-state index contributed by atoms with van der Waals surface area (Å²) in [5.74, 6) is 4.27. The van der Waals surface area contributed by atoms with Crippen LogP contribution in [0.3, 0.4) is 0 Å². The minimum Gasteiger partial charge on any atom is -0.330 e. The fraction of sp³-hybridized carbons (Fsp3) is 0.857. The number of hydrogen-bond donors (Lipinski definition) is 1. The minimum absolute atomic E-state index is 0.219. The van der Waals surface area contributed by atoms with Gasteiger partial charge in [-0.25, -0.2) is 0 Å². The van der Waals surface area contributed by atoms with Crippen LogP contribution in [0.2, 0.25) is 0 Å². The highest BCUT2D eigenvalue weighted by molar-refractivity contribution is 5.79. The maximum absolute atomic E-state index is 11.9. The molecular weight excluding hydrogens is 282 g/mol. The summed E-state index contributed by atoms with van der Waals surface area (Å²) >= 11 is 0. The molecule has 4 rings (SSSR count). The van der Waals surface area contributed by atoms with E-state index >= 15 is 0 Å². The Hall–Kier alpha value is -0.790. The van der Waals surface area contributed by atoms with Gasteiger partial charge in [-0.15, -0.1) is 0 Å². The predicted octanol–water partition coefficient (Wildman–Crippen LogP) is 4.91. The normalized spacial score (nSPS) is 52.1. The van der Waals surface area contributed by atoms with Crippen LogP contribution in [0, 0.1) is 40.4 Å². The lowest BCUT2D eigenvalue weighted by Gasteiger charge is -2.59. The first-order valence-corrected chi connectivity index (χ1v) is 9.92. The van der Waals surface area contributed by atoms with Gasteiger partial charge in [-0.1, -0.05) is 40.2 Å².